The van der Waals surface area contributed by atoms with E-state index in [9.17, 15) is 14.0 Å². The van der Waals surface area contributed by atoms with E-state index >= 15 is 0 Å². The van der Waals surface area contributed by atoms with E-state index in [4.69, 9.17) is 0 Å². The van der Waals surface area contributed by atoms with E-state index in [1.54, 1.807) is 6.92 Å². The van der Waals surface area contributed by atoms with E-state index in [1.165, 1.54) is 45.0 Å². The molecule has 0 aliphatic heterocycles. The molecule has 0 aliphatic rings. The minimum Gasteiger partial charge on any atom is -0.272 e. The summed E-state index contributed by atoms with van der Waals surface area (Å²) in [5.74, 6) is -0.362. The van der Waals surface area contributed by atoms with Crippen LogP contribution in [0.25, 0.3) is 5.78 Å². The van der Waals surface area contributed by atoms with Crippen LogP contribution in [0.5, 0.6) is 0 Å². The van der Waals surface area contributed by atoms with Crippen LogP contribution in [0.4, 0.5) is 10.3 Å². The Hall–Kier alpha value is -3.33. The Morgan fingerprint density at radius 2 is 2.00 bits per heavy atom. The molecule has 0 radical (unpaired) electrons. The maximum absolute atomic E-state index is 13.3. The number of benzene rings is 1. The van der Waals surface area contributed by atoms with Crippen molar-refractivity contribution in [2.24, 2.45) is 0 Å². The standard InChI is InChI=1S/C22H22FN5O2S/c1-3-4-7-18-14(2)24-21-25-22(26-28(21)20(18)30)27(13-17-6-5-12-31-17)19(29)15-8-10-16(23)11-9-15/h5-6,8-12H,3-4,7,13H2,1-2H3,(H,24,25,26). The number of nitrogens with one attached hydrogen (secondary N) is 1. The molecule has 0 bridgehead atoms. The molecule has 31 heavy (non-hydrogen) atoms. The van der Waals surface area contributed by atoms with Gasteiger partial charge in [-0.05, 0) is 55.5 Å². The molecule has 7 nitrogen and oxygen atoms in total. The van der Waals surface area contributed by atoms with Crippen molar-refractivity contribution < 1.29 is 9.18 Å². The second-order valence-electron chi connectivity index (χ2n) is 7.24. The molecular formula is C22H22FN5O2S. The second kappa shape index (κ2) is 8.81. The number of thiophene rings is 1. The minimum absolute atomic E-state index is 0.208. The van der Waals surface area contributed by atoms with Gasteiger partial charge in [-0.25, -0.2) is 9.37 Å². The number of aromatic nitrogens is 4. The van der Waals surface area contributed by atoms with Gasteiger partial charge < -0.3 is 0 Å². The number of nitrogens with zero attached hydrogens (tertiary/aromatic N) is 4. The summed E-state index contributed by atoms with van der Waals surface area (Å²) in [7, 11) is 0. The number of anilines is 1. The van der Waals surface area contributed by atoms with Gasteiger partial charge in [0.05, 0.1) is 12.2 Å². The fourth-order valence-corrected chi connectivity index (χ4v) is 4.05. The van der Waals surface area contributed by atoms with E-state index in [2.05, 4.69) is 22.0 Å². The largest absolute Gasteiger partial charge is 0.277 e. The van der Waals surface area contributed by atoms with Gasteiger partial charge >= 0.3 is 0 Å². The molecule has 0 saturated heterocycles. The average Bonchev–Trinajstić information content (AvgIpc) is 3.42. The predicted octanol–water partition coefficient (Wildman–Crippen LogP) is 4.12. The van der Waals surface area contributed by atoms with Crippen LogP contribution in [-0.4, -0.2) is 25.5 Å². The molecule has 0 saturated carbocycles. The SMILES string of the molecule is CCCCc1c(C)nc2nc(N(Cc3cccs3)C(=O)c3ccc(F)cc3)[nH]n2c1=O. The Morgan fingerprint density at radius 3 is 2.68 bits per heavy atom. The van der Waals surface area contributed by atoms with Crippen molar-refractivity contribution in [1.29, 1.82) is 0 Å². The van der Waals surface area contributed by atoms with Crippen LogP contribution in [0, 0.1) is 12.7 Å². The Kier molecular flexibility index (Phi) is 5.94. The molecule has 1 amide bonds. The normalized spacial score (nSPS) is 11.2. The summed E-state index contributed by atoms with van der Waals surface area (Å²) in [6, 6.07) is 9.15. The smallest absolute Gasteiger partial charge is 0.272 e. The van der Waals surface area contributed by atoms with Gasteiger partial charge in [0.1, 0.15) is 5.82 Å². The van der Waals surface area contributed by atoms with Crippen molar-refractivity contribution in [2.45, 2.75) is 39.7 Å². The fraction of sp³-hybridized carbons (Fsp3) is 0.273. The first-order valence-corrected chi connectivity index (χ1v) is 10.9. The molecule has 0 atom stereocenters. The number of H-pyrrole nitrogens is 1. The summed E-state index contributed by atoms with van der Waals surface area (Å²) in [6.07, 6.45) is 2.49. The lowest BCUT2D eigenvalue weighted by molar-refractivity contribution is 0.0983. The van der Waals surface area contributed by atoms with Crippen LogP contribution < -0.4 is 10.5 Å². The minimum atomic E-state index is -0.420. The average molecular weight is 440 g/mol. The lowest BCUT2D eigenvalue weighted by Gasteiger charge is -2.19. The number of carbonyl (C=O) groups is 1. The van der Waals surface area contributed by atoms with Crippen molar-refractivity contribution in [1.82, 2.24) is 19.6 Å². The lowest BCUT2D eigenvalue weighted by Crippen LogP contribution is -2.31. The first-order chi connectivity index (χ1) is 15.0. The van der Waals surface area contributed by atoms with E-state index < -0.39 is 5.82 Å². The molecule has 4 rings (SSSR count). The zero-order valence-corrected chi connectivity index (χ0v) is 18.1. The van der Waals surface area contributed by atoms with Crippen LogP contribution >= 0.6 is 11.3 Å². The summed E-state index contributed by atoms with van der Waals surface area (Å²) in [6.45, 7) is 4.12. The van der Waals surface area contributed by atoms with Crippen LogP contribution in [0.3, 0.4) is 0 Å². The zero-order chi connectivity index (χ0) is 22.0. The summed E-state index contributed by atoms with van der Waals surface area (Å²) in [4.78, 5) is 37.5. The van der Waals surface area contributed by atoms with Crippen molar-refractivity contribution in [3.05, 3.63) is 79.6 Å². The van der Waals surface area contributed by atoms with Crippen molar-refractivity contribution >= 4 is 29.0 Å². The van der Waals surface area contributed by atoms with Gasteiger partial charge in [-0.15, -0.1) is 11.3 Å². The number of carbonyl (C=O) groups excluding carboxylic acids is 1. The Bertz CT molecular complexity index is 1260. The monoisotopic (exact) mass is 439 g/mol. The molecule has 1 N–H and O–H groups in total. The van der Waals surface area contributed by atoms with Crippen molar-refractivity contribution in [3.63, 3.8) is 0 Å². The molecule has 160 valence electrons. The van der Waals surface area contributed by atoms with Gasteiger partial charge in [0.15, 0.2) is 0 Å². The molecule has 0 unspecified atom stereocenters. The van der Waals surface area contributed by atoms with E-state index in [1.807, 2.05) is 17.5 Å². The fourth-order valence-electron chi connectivity index (χ4n) is 3.36. The number of unbranched alkanes of at least 4 members (excludes halogenated alkanes) is 1. The quantitative estimate of drug-likeness (QED) is 0.470. The molecule has 0 aliphatic carbocycles. The Balaban J connectivity index is 1.78. The van der Waals surface area contributed by atoms with E-state index in [-0.39, 0.29) is 29.7 Å². The lowest BCUT2D eigenvalue weighted by atomic mass is 10.1. The summed E-state index contributed by atoms with van der Waals surface area (Å²) >= 11 is 1.51. The highest BCUT2D eigenvalue weighted by atomic mass is 32.1. The van der Waals surface area contributed by atoms with Crippen LogP contribution in [0.1, 0.15) is 46.3 Å². The number of aromatic amines is 1. The Labute approximate surface area is 182 Å². The predicted molar refractivity (Wildman–Crippen MR) is 118 cm³/mol. The third kappa shape index (κ3) is 4.27. The molecule has 0 fully saturated rings. The molecular weight excluding hydrogens is 417 g/mol. The topological polar surface area (TPSA) is 83.4 Å². The molecule has 0 spiro atoms. The second-order valence-corrected chi connectivity index (χ2v) is 8.28. The first kappa shape index (κ1) is 20.9. The summed E-state index contributed by atoms with van der Waals surface area (Å²) in [5, 5.41) is 4.87. The molecule has 9 heteroatoms. The third-order valence-electron chi connectivity index (χ3n) is 5.05. The number of amides is 1. The maximum Gasteiger partial charge on any atom is 0.277 e. The summed E-state index contributed by atoms with van der Waals surface area (Å²) in [5.41, 5.74) is 1.40. The van der Waals surface area contributed by atoms with Gasteiger partial charge in [0.25, 0.3) is 17.2 Å². The molecule has 3 heterocycles. The highest BCUT2D eigenvalue weighted by molar-refractivity contribution is 7.09. The number of fused-ring (bicyclic) bond motifs is 1. The number of rotatable bonds is 7. The van der Waals surface area contributed by atoms with Crippen LogP contribution in [-0.2, 0) is 13.0 Å². The van der Waals surface area contributed by atoms with Crippen LogP contribution in [0.15, 0.2) is 46.6 Å². The highest BCUT2D eigenvalue weighted by Crippen LogP contribution is 2.20. The van der Waals surface area contributed by atoms with Gasteiger partial charge in [-0.1, -0.05) is 19.4 Å². The van der Waals surface area contributed by atoms with E-state index in [0.29, 0.717) is 23.2 Å². The Morgan fingerprint density at radius 1 is 1.23 bits per heavy atom. The van der Waals surface area contributed by atoms with Gasteiger partial charge in [-0.3, -0.25) is 19.6 Å². The van der Waals surface area contributed by atoms with Gasteiger partial charge in [-0.2, -0.15) is 9.50 Å². The van der Waals surface area contributed by atoms with E-state index in [0.717, 1.165) is 17.7 Å². The molecule has 1 aromatic carbocycles. The molecule has 4 aromatic rings. The first-order valence-electron chi connectivity index (χ1n) is 10.1. The zero-order valence-electron chi connectivity index (χ0n) is 17.3. The van der Waals surface area contributed by atoms with Crippen LogP contribution in [0.2, 0.25) is 0 Å². The third-order valence-corrected chi connectivity index (χ3v) is 5.91. The number of hydrogen-bond acceptors (Lipinski definition) is 5. The maximum atomic E-state index is 13.3. The van der Waals surface area contributed by atoms with Crippen molar-refractivity contribution in [2.75, 3.05) is 4.90 Å². The summed E-state index contributed by atoms with van der Waals surface area (Å²) < 4.78 is 14.6. The molecule has 3 aromatic heterocycles. The highest BCUT2D eigenvalue weighted by Gasteiger charge is 2.23. The van der Waals surface area contributed by atoms with Gasteiger partial charge in [0, 0.05) is 16.0 Å². The number of hydrogen-bond donors (Lipinski definition) is 1. The number of aryl methyl sites for hydroxylation is 1. The van der Waals surface area contributed by atoms with Gasteiger partial charge in [0.2, 0.25) is 5.95 Å². The van der Waals surface area contributed by atoms with Crippen molar-refractivity contribution in [3.8, 4) is 0 Å². The number of halogens is 1.